The van der Waals surface area contributed by atoms with E-state index in [0.29, 0.717) is 5.56 Å². The van der Waals surface area contributed by atoms with Crippen LogP contribution in [0.3, 0.4) is 0 Å². The average molecular weight is 303 g/mol. The number of aryl methyl sites for hydroxylation is 1. The molecule has 0 saturated carbocycles. The molecule has 0 radical (unpaired) electrons. The predicted molar refractivity (Wildman–Crippen MR) is 69.7 cm³/mol. The van der Waals surface area contributed by atoms with Gasteiger partial charge >= 0.3 is 12.1 Å². The van der Waals surface area contributed by atoms with Gasteiger partial charge in [-0.2, -0.15) is 13.2 Å². The number of carbonyl (C=O) groups is 2. The van der Waals surface area contributed by atoms with Crippen LogP contribution >= 0.6 is 0 Å². The summed E-state index contributed by atoms with van der Waals surface area (Å²) in [5.74, 6) is -1.40. The summed E-state index contributed by atoms with van der Waals surface area (Å²) in [4.78, 5) is 23.3. The quantitative estimate of drug-likeness (QED) is 0.870. The topological polar surface area (TPSA) is 55.4 Å². The Labute approximate surface area is 120 Å². The standard InChI is InChI=1S/C14H16F3NO3/c1-4-21-13(20)9(3)18-12(19)10-5-8(2)6-11(7-10)14(15,16)17/h5-7,9H,4H2,1-3H3,(H,18,19). The van der Waals surface area contributed by atoms with E-state index in [2.05, 4.69) is 5.32 Å². The number of nitrogens with one attached hydrogen (secondary N) is 1. The van der Waals surface area contributed by atoms with Crippen molar-refractivity contribution in [3.8, 4) is 0 Å². The van der Waals surface area contributed by atoms with Crippen molar-refractivity contribution in [2.45, 2.75) is 33.0 Å². The molecule has 0 aliphatic carbocycles. The molecule has 0 fully saturated rings. The van der Waals surface area contributed by atoms with Gasteiger partial charge in [-0.3, -0.25) is 4.79 Å². The Morgan fingerprint density at radius 1 is 1.29 bits per heavy atom. The second-order valence-electron chi connectivity index (χ2n) is 4.53. The van der Waals surface area contributed by atoms with Gasteiger partial charge in [-0.05, 0) is 44.5 Å². The monoisotopic (exact) mass is 303 g/mol. The summed E-state index contributed by atoms with van der Waals surface area (Å²) in [5, 5.41) is 2.31. The number of hydrogen-bond donors (Lipinski definition) is 1. The maximum atomic E-state index is 12.7. The molecule has 0 bridgehead atoms. The first-order valence-corrected chi connectivity index (χ1v) is 6.31. The molecule has 1 amide bonds. The van der Waals surface area contributed by atoms with Crippen LogP contribution < -0.4 is 5.32 Å². The number of hydrogen-bond acceptors (Lipinski definition) is 3. The first-order valence-electron chi connectivity index (χ1n) is 6.31. The second-order valence-corrected chi connectivity index (χ2v) is 4.53. The molecule has 116 valence electrons. The van der Waals surface area contributed by atoms with Crippen LogP contribution in [0.1, 0.15) is 35.3 Å². The van der Waals surface area contributed by atoms with Gasteiger partial charge in [0.1, 0.15) is 6.04 Å². The lowest BCUT2D eigenvalue weighted by molar-refractivity contribution is -0.145. The Bertz CT molecular complexity index is 541. The van der Waals surface area contributed by atoms with Crippen LogP contribution in [0.15, 0.2) is 18.2 Å². The van der Waals surface area contributed by atoms with Gasteiger partial charge in [0.05, 0.1) is 12.2 Å². The van der Waals surface area contributed by atoms with Crippen molar-refractivity contribution in [1.29, 1.82) is 0 Å². The van der Waals surface area contributed by atoms with Crippen molar-refractivity contribution in [2.24, 2.45) is 0 Å². The van der Waals surface area contributed by atoms with Crippen molar-refractivity contribution in [3.05, 3.63) is 34.9 Å². The van der Waals surface area contributed by atoms with Crippen molar-refractivity contribution in [1.82, 2.24) is 5.32 Å². The van der Waals surface area contributed by atoms with Gasteiger partial charge in [-0.25, -0.2) is 4.79 Å². The third kappa shape index (κ3) is 4.77. The van der Waals surface area contributed by atoms with E-state index in [9.17, 15) is 22.8 Å². The molecule has 0 spiro atoms. The van der Waals surface area contributed by atoms with Gasteiger partial charge in [0.25, 0.3) is 5.91 Å². The van der Waals surface area contributed by atoms with Crippen molar-refractivity contribution >= 4 is 11.9 Å². The molecule has 0 aliphatic rings. The normalized spacial score (nSPS) is 12.7. The summed E-state index contributed by atoms with van der Waals surface area (Å²) >= 11 is 0. The van der Waals surface area contributed by atoms with Crippen LogP contribution in [0.2, 0.25) is 0 Å². The van der Waals surface area contributed by atoms with Crippen LogP contribution in [-0.4, -0.2) is 24.5 Å². The molecule has 0 heterocycles. The molecule has 1 N–H and O–H groups in total. The van der Waals surface area contributed by atoms with E-state index in [1.165, 1.54) is 19.9 Å². The Morgan fingerprint density at radius 2 is 1.90 bits per heavy atom. The summed E-state index contributed by atoms with van der Waals surface area (Å²) < 4.78 is 42.8. The Balaban J connectivity index is 2.93. The SMILES string of the molecule is CCOC(=O)C(C)NC(=O)c1cc(C)cc(C(F)(F)F)c1. The molecule has 1 aromatic rings. The van der Waals surface area contributed by atoms with E-state index in [4.69, 9.17) is 4.74 Å². The largest absolute Gasteiger partial charge is 0.464 e. The summed E-state index contributed by atoms with van der Waals surface area (Å²) in [5.41, 5.74) is -0.756. The summed E-state index contributed by atoms with van der Waals surface area (Å²) in [7, 11) is 0. The van der Waals surface area contributed by atoms with E-state index in [1.807, 2.05) is 0 Å². The highest BCUT2D eigenvalue weighted by Gasteiger charge is 2.31. The van der Waals surface area contributed by atoms with Crippen LogP contribution in [-0.2, 0) is 15.7 Å². The Kier molecular flexibility index (Phi) is 5.34. The molecule has 4 nitrogen and oxygen atoms in total. The zero-order valence-corrected chi connectivity index (χ0v) is 11.9. The maximum Gasteiger partial charge on any atom is 0.416 e. The molecule has 21 heavy (non-hydrogen) atoms. The fourth-order valence-electron chi connectivity index (χ4n) is 1.68. The molecule has 1 atom stereocenters. The lowest BCUT2D eigenvalue weighted by Gasteiger charge is -2.14. The third-order valence-electron chi connectivity index (χ3n) is 2.65. The van der Waals surface area contributed by atoms with Gasteiger partial charge in [0.15, 0.2) is 0 Å². The highest BCUT2D eigenvalue weighted by Crippen LogP contribution is 2.30. The molecular weight excluding hydrogens is 287 g/mol. The molecule has 0 saturated heterocycles. The van der Waals surface area contributed by atoms with Gasteiger partial charge < -0.3 is 10.1 Å². The van der Waals surface area contributed by atoms with E-state index in [-0.39, 0.29) is 12.2 Å². The number of rotatable bonds is 4. The third-order valence-corrected chi connectivity index (χ3v) is 2.65. The first kappa shape index (κ1) is 17.0. The number of amides is 1. The van der Waals surface area contributed by atoms with E-state index < -0.39 is 29.7 Å². The molecule has 0 aliphatic heterocycles. The minimum Gasteiger partial charge on any atom is -0.464 e. The van der Waals surface area contributed by atoms with Gasteiger partial charge in [-0.15, -0.1) is 0 Å². The molecule has 0 aromatic heterocycles. The van der Waals surface area contributed by atoms with Crippen LogP contribution in [0, 0.1) is 6.92 Å². The number of esters is 1. The highest BCUT2D eigenvalue weighted by molar-refractivity contribution is 5.97. The highest BCUT2D eigenvalue weighted by atomic mass is 19.4. The molecule has 1 rings (SSSR count). The average Bonchev–Trinajstić information content (AvgIpc) is 2.37. The number of benzene rings is 1. The number of halogens is 3. The second kappa shape index (κ2) is 6.60. The molecule has 1 unspecified atom stereocenters. The van der Waals surface area contributed by atoms with Gasteiger partial charge in [0, 0.05) is 5.56 Å². The van der Waals surface area contributed by atoms with Gasteiger partial charge in [-0.1, -0.05) is 0 Å². The lowest BCUT2D eigenvalue weighted by Crippen LogP contribution is -2.39. The van der Waals surface area contributed by atoms with E-state index >= 15 is 0 Å². The Morgan fingerprint density at radius 3 is 2.43 bits per heavy atom. The first-order chi connectivity index (χ1) is 9.65. The fraction of sp³-hybridized carbons (Fsp3) is 0.429. The lowest BCUT2D eigenvalue weighted by atomic mass is 10.1. The molecule has 7 heteroatoms. The summed E-state index contributed by atoms with van der Waals surface area (Å²) in [6.07, 6.45) is -4.53. The summed E-state index contributed by atoms with van der Waals surface area (Å²) in [6, 6.07) is 2.08. The van der Waals surface area contributed by atoms with Crippen LogP contribution in [0.4, 0.5) is 13.2 Å². The van der Waals surface area contributed by atoms with E-state index in [1.54, 1.807) is 6.92 Å². The predicted octanol–water partition coefficient (Wildman–Crippen LogP) is 2.70. The molecule has 1 aromatic carbocycles. The smallest absolute Gasteiger partial charge is 0.416 e. The number of ether oxygens (including phenoxy) is 1. The minimum atomic E-state index is -4.53. The summed E-state index contributed by atoms with van der Waals surface area (Å²) in [6.45, 7) is 4.63. The van der Waals surface area contributed by atoms with E-state index in [0.717, 1.165) is 12.1 Å². The molecular formula is C14H16F3NO3. The zero-order valence-electron chi connectivity index (χ0n) is 11.9. The maximum absolute atomic E-state index is 12.7. The zero-order chi connectivity index (χ0) is 16.2. The van der Waals surface area contributed by atoms with Gasteiger partial charge in [0.2, 0.25) is 0 Å². The number of carbonyl (C=O) groups excluding carboxylic acids is 2. The fourth-order valence-corrected chi connectivity index (χ4v) is 1.68. The Hall–Kier alpha value is -2.05. The minimum absolute atomic E-state index is 0.154. The van der Waals surface area contributed by atoms with Crippen molar-refractivity contribution in [2.75, 3.05) is 6.61 Å². The van der Waals surface area contributed by atoms with Crippen LogP contribution in [0.25, 0.3) is 0 Å². The van der Waals surface area contributed by atoms with Crippen molar-refractivity contribution < 1.29 is 27.5 Å². The number of alkyl halides is 3. The van der Waals surface area contributed by atoms with Crippen molar-refractivity contribution in [3.63, 3.8) is 0 Å². The van der Waals surface area contributed by atoms with Crippen LogP contribution in [0.5, 0.6) is 0 Å².